The maximum atomic E-state index is 4.69. The minimum absolute atomic E-state index is 0.427. The predicted molar refractivity (Wildman–Crippen MR) is 83.6 cm³/mol. The number of pyridine rings is 1. The number of anilines is 1. The van der Waals surface area contributed by atoms with Gasteiger partial charge in [-0.25, -0.2) is 15.0 Å². The van der Waals surface area contributed by atoms with Crippen molar-refractivity contribution in [3.8, 4) is 0 Å². The third-order valence-corrected chi connectivity index (χ3v) is 4.34. The summed E-state index contributed by atoms with van der Waals surface area (Å²) >= 11 is 1.61. The van der Waals surface area contributed by atoms with E-state index in [1.807, 2.05) is 23.8 Å². The molecule has 1 saturated heterocycles. The minimum Gasteiger partial charge on any atom is -0.352 e. The molecule has 0 bridgehead atoms. The molecule has 1 unspecified atom stereocenters. The van der Waals surface area contributed by atoms with Gasteiger partial charge >= 0.3 is 0 Å². The average Bonchev–Trinajstić information content (AvgIpc) is 3.23. The summed E-state index contributed by atoms with van der Waals surface area (Å²) in [7, 11) is 0. The molecule has 1 fully saturated rings. The molecular formula is C14H16N6S. The van der Waals surface area contributed by atoms with Gasteiger partial charge < -0.3 is 10.6 Å². The van der Waals surface area contributed by atoms with E-state index in [4.69, 9.17) is 4.98 Å². The lowest BCUT2D eigenvalue weighted by Crippen LogP contribution is -2.24. The van der Waals surface area contributed by atoms with Crippen LogP contribution in [0.2, 0.25) is 0 Å². The van der Waals surface area contributed by atoms with Crippen molar-refractivity contribution in [2.75, 3.05) is 18.4 Å². The largest absolute Gasteiger partial charge is 0.352 e. The number of hydrogen-bond donors (Lipinski definition) is 2. The Morgan fingerprint density at radius 1 is 1.43 bits per heavy atom. The highest BCUT2D eigenvalue weighted by Gasteiger charge is 2.19. The second-order valence-electron chi connectivity index (χ2n) is 5.18. The van der Waals surface area contributed by atoms with Crippen LogP contribution in [0.25, 0.3) is 11.2 Å². The molecule has 0 aliphatic carbocycles. The number of fused-ring (bicyclic) bond motifs is 1. The first-order valence-electron chi connectivity index (χ1n) is 7.06. The number of hydrogen-bond acceptors (Lipinski definition) is 6. The predicted octanol–water partition coefficient (Wildman–Crippen LogP) is 1.71. The molecule has 21 heavy (non-hydrogen) atoms. The molecule has 0 spiro atoms. The Labute approximate surface area is 126 Å². The minimum atomic E-state index is 0.427. The molecule has 3 aromatic heterocycles. The number of aromatic nitrogens is 4. The zero-order valence-corrected chi connectivity index (χ0v) is 12.3. The first kappa shape index (κ1) is 12.7. The van der Waals surface area contributed by atoms with Crippen molar-refractivity contribution in [3.05, 3.63) is 34.9 Å². The Kier molecular flexibility index (Phi) is 3.28. The summed E-state index contributed by atoms with van der Waals surface area (Å²) in [5, 5.41) is 8.97. The normalized spacial score (nSPS) is 18.4. The van der Waals surface area contributed by atoms with E-state index in [0.717, 1.165) is 42.3 Å². The summed E-state index contributed by atoms with van der Waals surface area (Å²) in [4.78, 5) is 13.5. The summed E-state index contributed by atoms with van der Waals surface area (Å²) in [5.74, 6) is 0.880. The van der Waals surface area contributed by atoms with E-state index in [9.17, 15) is 0 Å². The zero-order chi connectivity index (χ0) is 14.1. The van der Waals surface area contributed by atoms with E-state index in [2.05, 4.69) is 30.5 Å². The van der Waals surface area contributed by atoms with E-state index < -0.39 is 0 Å². The van der Waals surface area contributed by atoms with Crippen LogP contribution in [-0.4, -0.2) is 38.7 Å². The SMILES string of the molecule is c1cnc2c(c1)nc(NC1CCNC1)n2Cc1cscn1. The lowest BCUT2D eigenvalue weighted by Gasteiger charge is -2.13. The summed E-state index contributed by atoms with van der Waals surface area (Å²) < 4.78 is 2.11. The molecule has 4 rings (SSSR count). The lowest BCUT2D eigenvalue weighted by molar-refractivity contribution is 0.741. The van der Waals surface area contributed by atoms with E-state index >= 15 is 0 Å². The highest BCUT2D eigenvalue weighted by atomic mass is 32.1. The van der Waals surface area contributed by atoms with Crippen molar-refractivity contribution in [1.29, 1.82) is 0 Å². The smallest absolute Gasteiger partial charge is 0.205 e. The molecule has 6 nitrogen and oxygen atoms in total. The standard InChI is InChI=1S/C14H16N6S/c1-2-12-13(16-4-1)20(7-11-8-21-9-17-11)14(19-12)18-10-3-5-15-6-10/h1-2,4,8-10,15H,3,5-7H2,(H,18,19). The topological polar surface area (TPSA) is 67.7 Å². The van der Waals surface area contributed by atoms with Crippen LogP contribution in [0, 0.1) is 0 Å². The second kappa shape index (κ2) is 5.42. The van der Waals surface area contributed by atoms with Gasteiger partial charge in [0.2, 0.25) is 5.95 Å². The van der Waals surface area contributed by atoms with Crippen LogP contribution in [-0.2, 0) is 6.54 Å². The molecule has 1 aliphatic rings. The van der Waals surface area contributed by atoms with Crippen molar-refractivity contribution in [1.82, 2.24) is 24.8 Å². The lowest BCUT2D eigenvalue weighted by atomic mass is 10.3. The number of thiazole rings is 1. The van der Waals surface area contributed by atoms with Crippen LogP contribution in [0.1, 0.15) is 12.1 Å². The second-order valence-corrected chi connectivity index (χ2v) is 5.90. The van der Waals surface area contributed by atoms with E-state index in [1.165, 1.54) is 0 Å². The van der Waals surface area contributed by atoms with Crippen LogP contribution in [0.4, 0.5) is 5.95 Å². The van der Waals surface area contributed by atoms with Crippen molar-refractivity contribution in [3.63, 3.8) is 0 Å². The average molecular weight is 300 g/mol. The van der Waals surface area contributed by atoms with E-state index in [1.54, 1.807) is 11.3 Å². The highest BCUT2D eigenvalue weighted by molar-refractivity contribution is 7.07. The first-order valence-corrected chi connectivity index (χ1v) is 8.00. The Balaban J connectivity index is 1.73. The Morgan fingerprint density at radius 2 is 2.43 bits per heavy atom. The van der Waals surface area contributed by atoms with E-state index in [0.29, 0.717) is 12.6 Å². The molecule has 3 aromatic rings. The summed E-state index contributed by atoms with van der Waals surface area (Å²) in [6, 6.07) is 4.34. The molecule has 1 atom stereocenters. The summed E-state index contributed by atoms with van der Waals surface area (Å²) in [5.41, 5.74) is 4.72. The van der Waals surface area contributed by atoms with Gasteiger partial charge in [-0.15, -0.1) is 11.3 Å². The van der Waals surface area contributed by atoms with Crippen LogP contribution in [0.15, 0.2) is 29.2 Å². The quantitative estimate of drug-likeness (QED) is 0.768. The molecular weight excluding hydrogens is 284 g/mol. The molecule has 4 heterocycles. The highest BCUT2D eigenvalue weighted by Crippen LogP contribution is 2.20. The molecule has 0 aromatic carbocycles. The van der Waals surface area contributed by atoms with Crippen LogP contribution >= 0.6 is 11.3 Å². The van der Waals surface area contributed by atoms with Gasteiger partial charge in [-0.05, 0) is 25.1 Å². The number of rotatable bonds is 4. The summed E-state index contributed by atoms with van der Waals surface area (Å²) in [6.07, 6.45) is 2.93. The van der Waals surface area contributed by atoms with Gasteiger partial charge in [0.1, 0.15) is 5.52 Å². The Morgan fingerprint density at radius 3 is 3.24 bits per heavy atom. The number of nitrogens with zero attached hydrogens (tertiary/aromatic N) is 4. The molecule has 108 valence electrons. The third kappa shape index (κ3) is 2.50. The molecule has 0 radical (unpaired) electrons. The van der Waals surface area contributed by atoms with Gasteiger partial charge in [-0.1, -0.05) is 0 Å². The first-order chi connectivity index (χ1) is 10.4. The van der Waals surface area contributed by atoms with Gasteiger partial charge in [0.15, 0.2) is 5.65 Å². The number of nitrogens with one attached hydrogen (secondary N) is 2. The van der Waals surface area contributed by atoms with Gasteiger partial charge in [0.05, 0.1) is 17.7 Å². The van der Waals surface area contributed by atoms with Crippen molar-refractivity contribution in [2.24, 2.45) is 0 Å². The van der Waals surface area contributed by atoms with E-state index in [-0.39, 0.29) is 0 Å². The monoisotopic (exact) mass is 300 g/mol. The fraction of sp³-hybridized carbons (Fsp3) is 0.357. The molecule has 7 heteroatoms. The van der Waals surface area contributed by atoms with Gasteiger partial charge in [0, 0.05) is 24.2 Å². The van der Waals surface area contributed by atoms with Crippen molar-refractivity contribution < 1.29 is 0 Å². The van der Waals surface area contributed by atoms with Crippen molar-refractivity contribution >= 4 is 28.4 Å². The molecule has 0 amide bonds. The Bertz CT molecular complexity index is 729. The third-order valence-electron chi connectivity index (χ3n) is 3.70. The molecule has 1 aliphatic heterocycles. The van der Waals surface area contributed by atoms with Crippen LogP contribution in [0.5, 0.6) is 0 Å². The van der Waals surface area contributed by atoms with Crippen LogP contribution < -0.4 is 10.6 Å². The maximum absolute atomic E-state index is 4.69. The fourth-order valence-electron chi connectivity index (χ4n) is 2.66. The van der Waals surface area contributed by atoms with Crippen LogP contribution in [0.3, 0.4) is 0 Å². The maximum Gasteiger partial charge on any atom is 0.205 e. The molecule has 2 N–H and O–H groups in total. The zero-order valence-electron chi connectivity index (χ0n) is 11.5. The fourth-order valence-corrected chi connectivity index (χ4v) is 3.21. The van der Waals surface area contributed by atoms with Gasteiger partial charge in [0.25, 0.3) is 0 Å². The van der Waals surface area contributed by atoms with Gasteiger partial charge in [-0.2, -0.15) is 0 Å². The Hall–Kier alpha value is -1.99. The van der Waals surface area contributed by atoms with Gasteiger partial charge in [-0.3, -0.25) is 4.57 Å². The number of imidazole rings is 1. The van der Waals surface area contributed by atoms with Crippen molar-refractivity contribution in [2.45, 2.75) is 19.0 Å². The summed E-state index contributed by atoms with van der Waals surface area (Å²) in [6.45, 7) is 2.73. The molecule has 0 saturated carbocycles.